The third kappa shape index (κ3) is 4.75. The molecule has 1 aliphatic rings. The van der Waals surface area contributed by atoms with Crippen molar-refractivity contribution in [3.63, 3.8) is 0 Å². The van der Waals surface area contributed by atoms with Gasteiger partial charge in [0.25, 0.3) is 0 Å². The van der Waals surface area contributed by atoms with Gasteiger partial charge in [-0.05, 0) is 38.0 Å². The van der Waals surface area contributed by atoms with Crippen LogP contribution in [0.2, 0.25) is 10.0 Å². The number of hydrogen-bond acceptors (Lipinski definition) is 8. The van der Waals surface area contributed by atoms with Crippen LogP contribution in [0.3, 0.4) is 0 Å². The van der Waals surface area contributed by atoms with Gasteiger partial charge in [0.1, 0.15) is 5.82 Å². The lowest BCUT2D eigenvalue weighted by atomic mass is 10.0. The van der Waals surface area contributed by atoms with Crippen molar-refractivity contribution < 1.29 is 9.47 Å². The summed E-state index contributed by atoms with van der Waals surface area (Å²) in [6.45, 7) is 3.75. The van der Waals surface area contributed by atoms with E-state index < -0.39 is 6.23 Å². The van der Waals surface area contributed by atoms with Crippen molar-refractivity contribution in [2.45, 2.75) is 26.0 Å². The van der Waals surface area contributed by atoms with Gasteiger partial charge >= 0.3 is 0 Å². The molecule has 34 heavy (non-hydrogen) atoms. The maximum atomic E-state index is 8.75. The van der Waals surface area contributed by atoms with Crippen LogP contribution in [0.25, 0.3) is 0 Å². The molecule has 1 aromatic carbocycles. The van der Waals surface area contributed by atoms with Gasteiger partial charge in [0.2, 0.25) is 0 Å². The van der Waals surface area contributed by atoms with E-state index in [-0.39, 0.29) is 10.7 Å². The van der Waals surface area contributed by atoms with E-state index >= 15 is 0 Å². The van der Waals surface area contributed by atoms with Crippen molar-refractivity contribution in [3.8, 4) is 11.5 Å². The molecule has 10 heteroatoms. The molecule has 0 bridgehead atoms. The van der Waals surface area contributed by atoms with Gasteiger partial charge in [-0.15, -0.1) is 0 Å². The Hall–Kier alpha value is -3.07. The van der Waals surface area contributed by atoms with Crippen LogP contribution in [0.5, 0.6) is 11.5 Å². The van der Waals surface area contributed by atoms with Crippen molar-refractivity contribution in [3.05, 3.63) is 69.1 Å². The van der Waals surface area contributed by atoms with Crippen LogP contribution in [0.15, 0.2) is 36.7 Å². The maximum Gasteiger partial charge on any atom is 0.177 e. The van der Waals surface area contributed by atoms with Crippen molar-refractivity contribution >= 4 is 40.4 Å². The van der Waals surface area contributed by atoms with Gasteiger partial charge in [0, 0.05) is 53.9 Å². The Kier molecular flexibility index (Phi) is 7.11. The predicted octanol–water partition coefficient (Wildman–Crippen LogP) is 4.74. The Labute approximate surface area is 208 Å². The number of rotatable bonds is 7. The number of aromatic nitrogens is 2. The second-order valence-corrected chi connectivity index (χ2v) is 8.81. The van der Waals surface area contributed by atoms with Crippen molar-refractivity contribution in [1.29, 1.82) is 5.41 Å². The number of methoxy groups -OCH3 is 1. The number of halogens is 2. The number of nitrogens with one attached hydrogen (secondary N) is 1. The predicted molar refractivity (Wildman–Crippen MR) is 136 cm³/mol. The average Bonchev–Trinajstić information content (AvgIpc) is 3.37. The third-order valence-corrected chi connectivity index (χ3v) is 6.57. The Bertz CT molecular complexity index is 1210. The summed E-state index contributed by atoms with van der Waals surface area (Å²) in [4.78, 5) is 10.9. The van der Waals surface area contributed by atoms with Crippen LogP contribution in [-0.4, -0.2) is 35.9 Å². The number of benzene rings is 1. The van der Waals surface area contributed by atoms with E-state index in [0.717, 1.165) is 18.9 Å². The third-order valence-electron chi connectivity index (χ3n) is 5.79. The van der Waals surface area contributed by atoms with Crippen molar-refractivity contribution in [2.24, 2.45) is 5.73 Å². The van der Waals surface area contributed by atoms with E-state index in [0.29, 0.717) is 44.6 Å². The van der Waals surface area contributed by atoms with Gasteiger partial charge in [0.15, 0.2) is 17.7 Å². The molecule has 0 aliphatic carbocycles. The smallest absolute Gasteiger partial charge is 0.177 e. The first-order valence-corrected chi connectivity index (χ1v) is 11.6. The molecule has 0 spiro atoms. The van der Waals surface area contributed by atoms with Crippen LogP contribution < -0.4 is 25.8 Å². The zero-order valence-electron chi connectivity index (χ0n) is 18.9. The highest BCUT2D eigenvalue weighted by molar-refractivity contribution is 6.36. The van der Waals surface area contributed by atoms with Crippen molar-refractivity contribution in [1.82, 2.24) is 9.97 Å². The molecule has 1 fully saturated rings. The number of nitrogens with two attached hydrogens (primary N) is 2. The van der Waals surface area contributed by atoms with Crippen LogP contribution in [-0.2, 0) is 0 Å². The molecule has 0 radical (unpaired) electrons. The molecule has 0 amide bonds. The molecule has 4 rings (SSSR count). The second kappa shape index (κ2) is 10.0. The van der Waals surface area contributed by atoms with Crippen molar-refractivity contribution in [2.75, 3.05) is 30.8 Å². The van der Waals surface area contributed by atoms with Gasteiger partial charge in [-0.25, -0.2) is 4.98 Å². The fourth-order valence-corrected chi connectivity index (χ4v) is 4.46. The quantitative estimate of drug-likeness (QED) is 0.243. The van der Waals surface area contributed by atoms with Gasteiger partial charge in [-0.2, -0.15) is 0 Å². The Morgan fingerprint density at radius 2 is 1.85 bits per heavy atom. The molecule has 3 heterocycles. The highest BCUT2D eigenvalue weighted by Gasteiger charge is 2.22. The number of aryl methyl sites for hydroxylation is 1. The van der Waals surface area contributed by atoms with E-state index in [2.05, 4.69) is 14.9 Å². The highest BCUT2D eigenvalue weighted by atomic mass is 35.5. The summed E-state index contributed by atoms with van der Waals surface area (Å²) in [5.74, 6) is 1.57. The topological polar surface area (TPSA) is 123 Å². The van der Waals surface area contributed by atoms with E-state index in [1.54, 1.807) is 25.3 Å². The summed E-state index contributed by atoms with van der Waals surface area (Å²) in [6.07, 6.45) is 4.50. The van der Waals surface area contributed by atoms with E-state index in [1.807, 2.05) is 12.1 Å². The number of pyridine rings is 2. The molecule has 3 aromatic rings. The number of ether oxygens (including phenoxy) is 2. The molecular formula is C24H26Cl2N6O2. The molecular weight excluding hydrogens is 475 g/mol. The first-order valence-electron chi connectivity index (χ1n) is 10.8. The van der Waals surface area contributed by atoms with E-state index in [9.17, 15) is 0 Å². The standard InChI is InChI=1S/C24H26Cl2N6O2/c1-13-22(26)21(16(25)12-30-13)24(29)34-19-9-15(17(27)10-18(19)33-2)23(28)14-5-6-20(31-11-14)32-7-3-4-8-32/h5-6,9-12,24,28H,3-4,7-8,27,29H2,1-2H3/t24-/m0/s1. The minimum atomic E-state index is -0.998. The molecule has 0 saturated carbocycles. The number of hydrogen-bond donors (Lipinski definition) is 3. The average molecular weight is 501 g/mol. The Morgan fingerprint density at radius 1 is 1.12 bits per heavy atom. The summed E-state index contributed by atoms with van der Waals surface area (Å²) >= 11 is 12.7. The molecule has 178 valence electrons. The van der Waals surface area contributed by atoms with Gasteiger partial charge in [-0.3, -0.25) is 16.1 Å². The maximum absolute atomic E-state index is 8.75. The fraction of sp³-hybridized carbons (Fsp3) is 0.292. The van der Waals surface area contributed by atoms with Gasteiger partial charge in [0.05, 0.1) is 28.6 Å². The number of anilines is 2. The largest absolute Gasteiger partial charge is 0.493 e. The second-order valence-electron chi connectivity index (χ2n) is 8.02. The monoisotopic (exact) mass is 500 g/mol. The first-order chi connectivity index (χ1) is 16.3. The van der Waals surface area contributed by atoms with Crippen LogP contribution in [0.1, 0.15) is 41.5 Å². The molecule has 8 nitrogen and oxygen atoms in total. The summed E-state index contributed by atoms with van der Waals surface area (Å²) in [5.41, 5.74) is 15.2. The lowest BCUT2D eigenvalue weighted by molar-refractivity contribution is 0.204. The van der Waals surface area contributed by atoms with E-state index in [1.165, 1.54) is 26.1 Å². The Balaban J connectivity index is 1.64. The molecule has 1 aliphatic heterocycles. The van der Waals surface area contributed by atoms with Gasteiger partial charge in [-0.1, -0.05) is 23.2 Å². The zero-order chi connectivity index (χ0) is 24.4. The van der Waals surface area contributed by atoms with Crippen LogP contribution in [0.4, 0.5) is 11.5 Å². The minimum absolute atomic E-state index is 0.204. The number of nitrogen functional groups attached to an aromatic ring is 1. The lowest BCUT2D eigenvalue weighted by Crippen LogP contribution is -2.20. The minimum Gasteiger partial charge on any atom is -0.493 e. The van der Waals surface area contributed by atoms with Crippen LogP contribution in [0, 0.1) is 12.3 Å². The van der Waals surface area contributed by atoms with Gasteiger partial charge < -0.3 is 20.1 Å². The molecule has 2 aromatic heterocycles. The molecule has 1 atom stereocenters. The fourth-order valence-electron chi connectivity index (χ4n) is 3.90. The Morgan fingerprint density at radius 3 is 2.50 bits per heavy atom. The summed E-state index contributed by atoms with van der Waals surface area (Å²) < 4.78 is 11.4. The summed E-state index contributed by atoms with van der Waals surface area (Å²) in [6, 6.07) is 7.02. The van der Waals surface area contributed by atoms with E-state index in [4.69, 9.17) is 49.6 Å². The SMILES string of the molecule is COc1cc(N)c(C(=N)c2ccc(N3CCCC3)nc2)cc1O[C@H](N)c1c(Cl)cnc(C)c1Cl. The zero-order valence-corrected chi connectivity index (χ0v) is 20.5. The normalized spacial score (nSPS) is 14.2. The summed E-state index contributed by atoms with van der Waals surface area (Å²) in [7, 11) is 1.50. The highest BCUT2D eigenvalue weighted by Crippen LogP contribution is 2.38. The first kappa shape index (κ1) is 24.1. The lowest BCUT2D eigenvalue weighted by Gasteiger charge is -2.21. The van der Waals surface area contributed by atoms with Crippen LogP contribution >= 0.6 is 23.2 Å². The molecule has 5 N–H and O–H groups in total. The summed E-state index contributed by atoms with van der Waals surface area (Å²) in [5, 5.41) is 9.36. The molecule has 0 unspecified atom stereocenters. The number of nitrogens with zero attached hydrogens (tertiary/aromatic N) is 3. The molecule has 1 saturated heterocycles.